The van der Waals surface area contributed by atoms with Gasteiger partial charge in [0.1, 0.15) is 0 Å². The predicted octanol–water partition coefficient (Wildman–Crippen LogP) is 4.81. The first-order valence-corrected chi connectivity index (χ1v) is 8.90. The predicted molar refractivity (Wildman–Crippen MR) is 106 cm³/mol. The van der Waals surface area contributed by atoms with E-state index >= 15 is 0 Å². The number of aryl methyl sites for hydroxylation is 2. The van der Waals surface area contributed by atoms with E-state index in [1.165, 1.54) is 5.56 Å². The summed E-state index contributed by atoms with van der Waals surface area (Å²) in [6.07, 6.45) is 2.71. The van der Waals surface area contributed by atoms with Crippen molar-refractivity contribution in [1.29, 1.82) is 0 Å². The van der Waals surface area contributed by atoms with Crippen LogP contribution in [0.1, 0.15) is 38.3 Å². The third-order valence-corrected chi connectivity index (χ3v) is 4.37. The topological polar surface area (TPSA) is 66.4 Å². The molecule has 0 bridgehead atoms. The molecule has 136 valence electrons. The van der Waals surface area contributed by atoms with Crippen molar-refractivity contribution in [1.82, 2.24) is 0 Å². The van der Waals surface area contributed by atoms with Crippen LogP contribution in [0.4, 0.5) is 5.69 Å². The number of aromatic carboxylic acids is 1. The largest absolute Gasteiger partial charge is 0.478 e. The second-order valence-corrected chi connectivity index (χ2v) is 6.34. The van der Waals surface area contributed by atoms with Gasteiger partial charge in [0.05, 0.1) is 11.3 Å². The lowest BCUT2D eigenvalue weighted by Crippen LogP contribution is -2.15. The van der Waals surface area contributed by atoms with Gasteiger partial charge in [-0.15, -0.1) is 0 Å². The number of carbonyl (C=O) groups excluding carboxylic acids is 1. The highest BCUT2D eigenvalue weighted by Gasteiger charge is 2.14. The van der Waals surface area contributed by atoms with Gasteiger partial charge in [0.2, 0.25) is 0 Å². The van der Waals surface area contributed by atoms with E-state index in [0.29, 0.717) is 11.3 Å². The zero-order valence-corrected chi connectivity index (χ0v) is 14.9. The molecular formula is C23H21NO3. The fourth-order valence-corrected chi connectivity index (χ4v) is 2.96. The van der Waals surface area contributed by atoms with Gasteiger partial charge >= 0.3 is 5.97 Å². The molecule has 0 radical (unpaired) electrons. The Labute approximate surface area is 158 Å². The summed E-state index contributed by atoms with van der Waals surface area (Å²) in [5.41, 5.74) is 3.18. The molecule has 0 saturated heterocycles. The van der Waals surface area contributed by atoms with E-state index in [1.807, 2.05) is 30.3 Å². The van der Waals surface area contributed by atoms with Crippen LogP contribution in [-0.2, 0) is 12.8 Å². The Balaban J connectivity index is 1.72. The Morgan fingerprint density at radius 2 is 1.41 bits per heavy atom. The van der Waals surface area contributed by atoms with Gasteiger partial charge in [-0.25, -0.2) is 4.79 Å². The average Bonchev–Trinajstić information content (AvgIpc) is 2.69. The van der Waals surface area contributed by atoms with Crippen LogP contribution in [0.15, 0.2) is 78.9 Å². The van der Waals surface area contributed by atoms with E-state index in [2.05, 4.69) is 17.4 Å². The molecule has 0 saturated carbocycles. The zero-order valence-electron chi connectivity index (χ0n) is 14.9. The van der Waals surface area contributed by atoms with Crippen LogP contribution < -0.4 is 5.32 Å². The molecular weight excluding hydrogens is 338 g/mol. The highest BCUT2D eigenvalue weighted by molar-refractivity contribution is 6.07. The van der Waals surface area contributed by atoms with Crippen LogP contribution in [0.3, 0.4) is 0 Å². The van der Waals surface area contributed by atoms with Crippen molar-refractivity contribution in [3.05, 3.63) is 101 Å². The summed E-state index contributed by atoms with van der Waals surface area (Å²) in [6, 6.07) is 24.1. The van der Waals surface area contributed by atoms with Crippen LogP contribution in [-0.4, -0.2) is 17.0 Å². The molecule has 0 spiro atoms. The molecule has 0 aliphatic rings. The average molecular weight is 359 g/mol. The highest BCUT2D eigenvalue weighted by Crippen LogP contribution is 2.21. The molecule has 1 amide bonds. The van der Waals surface area contributed by atoms with Crippen molar-refractivity contribution in [2.75, 3.05) is 5.32 Å². The molecule has 0 heterocycles. The number of hydrogen-bond acceptors (Lipinski definition) is 2. The second kappa shape index (κ2) is 8.81. The molecule has 3 rings (SSSR count). The van der Waals surface area contributed by atoms with E-state index in [1.54, 1.807) is 36.4 Å². The smallest absolute Gasteiger partial charge is 0.337 e. The molecule has 0 aliphatic carbocycles. The monoisotopic (exact) mass is 359 g/mol. The van der Waals surface area contributed by atoms with Gasteiger partial charge in [0.25, 0.3) is 5.91 Å². The first kappa shape index (κ1) is 18.4. The molecule has 0 aliphatic heterocycles. The van der Waals surface area contributed by atoms with E-state index in [4.69, 9.17) is 0 Å². The summed E-state index contributed by atoms with van der Waals surface area (Å²) >= 11 is 0. The van der Waals surface area contributed by atoms with E-state index in [-0.39, 0.29) is 11.5 Å². The molecule has 3 aromatic carbocycles. The van der Waals surface area contributed by atoms with Crippen LogP contribution in [0.2, 0.25) is 0 Å². The fourth-order valence-electron chi connectivity index (χ4n) is 2.96. The van der Waals surface area contributed by atoms with Gasteiger partial charge in [-0.2, -0.15) is 0 Å². The molecule has 0 fully saturated rings. The van der Waals surface area contributed by atoms with Crippen molar-refractivity contribution >= 4 is 17.6 Å². The molecule has 0 aromatic heterocycles. The lowest BCUT2D eigenvalue weighted by atomic mass is 10.0. The quantitative estimate of drug-likeness (QED) is 0.636. The molecule has 4 nitrogen and oxygen atoms in total. The van der Waals surface area contributed by atoms with Crippen LogP contribution in [0, 0.1) is 0 Å². The normalized spacial score (nSPS) is 10.4. The number of rotatable bonds is 7. The minimum absolute atomic E-state index is 0.0890. The molecule has 3 aromatic rings. The maximum atomic E-state index is 12.4. The summed E-state index contributed by atoms with van der Waals surface area (Å²) in [4.78, 5) is 23.9. The van der Waals surface area contributed by atoms with Crippen molar-refractivity contribution < 1.29 is 14.7 Å². The van der Waals surface area contributed by atoms with Crippen molar-refractivity contribution in [3.63, 3.8) is 0 Å². The lowest BCUT2D eigenvalue weighted by Gasteiger charge is -2.11. The Hall–Kier alpha value is -3.40. The van der Waals surface area contributed by atoms with Crippen molar-refractivity contribution in [3.8, 4) is 0 Å². The minimum atomic E-state index is -1.06. The Bertz CT molecular complexity index is 921. The number of carboxylic acids is 1. The Morgan fingerprint density at radius 1 is 0.778 bits per heavy atom. The maximum Gasteiger partial charge on any atom is 0.337 e. The van der Waals surface area contributed by atoms with E-state index < -0.39 is 5.97 Å². The fraction of sp³-hybridized carbons (Fsp3) is 0.130. The van der Waals surface area contributed by atoms with Crippen LogP contribution in [0.5, 0.6) is 0 Å². The summed E-state index contributed by atoms with van der Waals surface area (Å²) in [5, 5.41) is 12.2. The van der Waals surface area contributed by atoms with Gasteiger partial charge < -0.3 is 10.4 Å². The van der Waals surface area contributed by atoms with Crippen LogP contribution in [0.25, 0.3) is 0 Å². The molecule has 2 N–H and O–H groups in total. The number of carbonyl (C=O) groups is 2. The lowest BCUT2D eigenvalue weighted by molar-refractivity contribution is 0.0698. The Morgan fingerprint density at radius 3 is 2.07 bits per heavy atom. The number of benzene rings is 3. The minimum Gasteiger partial charge on any atom is -0.478 e. The second-order valence-electron chi connectivity index (χ2n) is 6.34. The number of hydrogen-bond donors (Lipinski definition) is 2. The zero-order chi connectivity index (χ0) is 19.1. The van der Waals surface area contributed by atoms with Gasteiger partial charge in [0.15, 0.2) is 0 Å². The summed E-state index contributed by atoms with van der Waals surface area (Å²) in [7, 11) is 0. The summed E-state index contributed by atoms with van der Waals surface area (Å²) in [5.74, 6) is -1.38. The third kappa shape index (κ3) is 5.05. The van der Waals surface area contributed by atoms with E-state index in [0.717, 1.165) is 24.8 Å². The van der Waals surface area contributed by atoms with Gasteiger partial charge in [0, 0.05) is 5.56 Å². The number of amides is 1. The number of carboxylic acid groups (broad SMARTS) is 1. The van der Waals surface area contributed by atoms with Crippen molar-refractivity contribution in [2.24, 2.45) is 0 Å². The molecule has 27 heavy (non-hydrogen) atoms. The van der Waals surface area contributed by atoms with Crippen LogP contribution >= 0.6 is 0 Å². The van der Waals surface area contributed by atoms with Crippen molar-refractivity contribution in [2.45, 2.75) is 19.3 Å². The van der Waals surface area contributed by atoms with Gasteiger partial charge in [-0.05, 0) is 54.7 Å². The molecule has 0 atom stereocenters. The SMILES string of the molecule is O=C(Nc1cc(CCCc2ccccc2)ccc1C(=O)O)c1ccccc1. The maximum absolute atomic E-state index is 12.4. The standard InChI is InChI=1S/C23H21NO3/c25-22(19-12-5-2-6-13-19)24-21-16-18(14-15-20(21)23(26)27)11-7-10-17-8-3-1-4-9-17/h1-6,8-9,12-16H,7,10-11H2,(H,24,25)(H,26,27). The highest BCUT2D eigenvalue weighted by atomic mass is 16.4. The third-order valence-electron chi connectivity index (χ3n) is 4.37. The Kier molecular flexibility index (Phi) is 6.00. The van der Waals surface area contributed by atoms with Gasteiger partial charge in [-0.1, -0.05) is 54.6 Å². The summed E-state index contributed by atoms with van der Waals surface area (Å²) < 4.78 is 0. The first-order valence-electron chi connectivity index (χ1n) is 8.90. The molecule has 4 heteroatoms. The van der Waals surface area contributed by atoms with Gasteiger partial charge in [-0.3, -0.25) is 4.79 Å². The van der Waals surface area contributed by atoms with E-state index in [9.17, 15) is 14.7 Å². The summed E-state index contributed by atoms with van der Waals surface area (Å²) in [6.45, 7) is 0. The molecule has 0 unspecified atom stereocenters. The first-order chi connectivity index (χ1) is 13.1. The number of anilines is 1. The number of nitrogens with one attached hydrogen (secondary N) is 1.